The first-order valence-electron chi connectivity index (χ1n) is 7.20. The predicted octanol–water partition coefficient (Wildman–Crippen LogP) is 1.54. The molecular weight excluding hydrogens is 326 g/mol. The molecule has 1 aromatic carbocycles. The number of hydrogen-bond donors (Lipinski definition) is 0. The number of Topliss-reactive ketones (excluding diaryl/α,β-unsaturated/α-hetero) is 1. The van der Waals surface area contributed by atoms with E-state index in [1.54, 1.807) is 32.4 Å². The number of para-hydroxylation sites is 1. The number of aromatic nitrogens is 1. The van der Waals surface area contributed by atoms with Gasteiger partial charge in [0.05, 0.1) is 17.9 Å². The van der Waals surface area contributed by atoms with Gasteiger partial charge in [-0.2, -0.15) is 0 Å². The Morgan fingerprint density at radius 3 is 2.75 bits per heavy atom. The zero-order valence-corrected chi connectivity index (χ0v) is 14.0. The summed E-state index contributed by atoms with van der Waals surface area (Å²) in [5.74, 6) is 0.650. The van der Waals surface area contributed by atoms with Crippen LogP contribution in [0.2, 0.25) is 0 Å². The smallest absolute Gasteiger partial charge is 0.268 e. The third-order valence-electron chi connectivity index (χ3n) is 3.50. The monoisotopic (exact) mass is 341 g/mol. The van der Waals surface area contributed by atoms with Gasteiger partial charge in [0.2, 0.25) is 5.78 Å². The van der Waals surface area contributed by atoms with Crippen LogP contribution in [0, 0.1) is 0 Å². The summed E-state index contributed by atoms with van der Waals surface area (Å²) in [6, 6.07) is 10.7. The highest BCUT2D eigenvalue weighted by Crippen LogP contribution is 2.17. The Balaban J connectivity index is 2.11. The molecule has 0 N–H and O–H groups in total. The van der Waals surface area contributed by atoms with Crippen molar-refractivity contribution in [3.8, 4) is 5.75 Å². The average Bonchev–Trinajstić information content (AvgIpc) is 3.21. The van der Waals surface area contributed by atoms with Crippen molar-refractivity contribution in [3.05, 3.63) is 73.5 Å². The molecule has 0 atom stereocenters. The second kappa shape index (κ2) is 6.72. The molecule has 0 aliphatic rings. The molecule has 0 bridgehead atoms. The van der Waals surface area contributed by atoms with Crippen LogP contribution in [0.5, 0.6) is 5.75 Å². The number of hydrogen-bond acceptors (Lipinski definition) is 5. The maximum atomic E-state index is 12.4. The van der Waals surface area contributed by atoms with Gasteiger partial charge in [0, 0.05) is 18.7 Å². The maximum Gasteiger partial charge on any atom is 0.268 e. The van der Waals surface area contributed by atoms with Gasteiger partial charge in [-0.1, -0.05) is 18.2 Å². The molecule has 0 aliphatic carbocycles. The largest absolute Gasteiger partial charge is 0.496 e. The van der Waals surface area contributed by atoms with E-state index in [2.05, 4.69) is 0 Å². The maximum absolute atomic E-state index is 12.4. The minimum absolute atomic E-state index is 0.163. The molecule has 0 aliphatic heterocycles. The Labute approximate surface area is 141 Å². The first-order valence-corrected chi connectivity index (χ1v) is 8.02. The van der Waals surface area contributed by atoms with Crippen LogP contribution in [-0.4, -0.2) is 17.5 Å². The summed E-state index contributed by atoms with van der Waals surface area (Å²) >= 11 is 1.25. The van der Waals surface area contributed by atoms with Crippen LogP contribution in [0.4, 0.5) is 0 Å². The Bertz CT molecular complexity index is 1040. The van der Waals surface area contributed by atoms with E-state index in [4.69, 9.17) is 9.15 Å². The normalized spacial score (nSPS) is 12.6. The molecule has 0 amide bonds. The summed E-state index contributed by atoms with van der Waals surface area (Å²) in [6.07, 6.45) is 4.61. The van der Waals surface area contributed by atoms with Crippen LogP contribution in [0.15, 0.2) is 51.9 Å². The summed E-state index contributed by atoms with van der Waals surface area (Å²) in [5.41, 5.74) is 0.646. The lowest BCUT2D eigenvalue weighted by molar-refractivity contribution is 0.103. The highest BCUT2D eigenvalue weighted by molar-refractivity contribution is 7.07. The Kier molecular flexibility index (Phi) is 4.48. The highest BCUT2D eigenvalue weighted by atomic mass is 32.1. The van der Waals surface area contributed by atoms with Crippen LogP contribution >= 0.6 is 11.3 Å². The fourth-order valence-corrected chi connectivity index (χ4v) is 3.26. The van der Waals surface area contributed by atoms with Crippen molar-refractivity contribution in [2.24, 2.45) is 7.05 Å². The summed E-state index contributed by atoms with van der Waals surface area (Å²) in [7, 11) is 3.22. The zero-order valence-electron chi connectivity index (χ0n) is 13.2. The van der Waals surface area contributed by atoms with E-state index in [1.165, 1.54) is 28.2 Å². The van der Waals surface area contributed by atoms with Crippen molar-refractivity contribution in [1.82, 2.24) is 4.57 Å². The molecule has 0 spiro atoms. The molecule has 0 unspecified atom stereocenters. The number of carbonyl (C=O) groups is 1. The van der Waals surface area contributed by atoms with E-state index in [-0.39, 0.29) is 17.1 Å². The fraction of sp³-hybridized carbons (Fsp3) is 0.111. The SMILES string of the molecule is COc1ccccc1/C=c1\s/c(=C\C(=O)c2ccco2)n(C)c1=O. The van der Waals surface area contributed by atoms with Crippen LogP contribution in [-0.2, 0) is 7.05 Å². The lowest BCUT2D eigenvalue weighted by Crippen LogP contribution is -2.29. The van der Waals surface area contributed by atoms with Crippen molar-refractivity contribution in [3.63, 3.8) is 0 Å². The van der Waals surface area contributed by atoms with Gasteiger partial charge < -0.3 is 13.7 Å². The molecule has 2 aromatic heterocycles. The van der Waals surface area contributed by atoms with E-state index in [9.17, 15) is 9.59 Å². The second-order valence-corrected chi connectivity index (χ2v) is 6.10. The molecule has 24 heavy (non-hydrogen) atoms. The summed E-state index contributed by atoms with van der Waals surface area (Å²) in [5, 5.41) is 0. The van der Waals surface area contributed by atoms with Crippen LogP contribution in [0.1, 0.15) is 16.1 Å². The van der Waals surface area contributed by atoms with Crippen LogP contribution in [0.3, 0.4) is 0 Å². The third kappa shape index (κ3) is 3.09. The fourth-order valence-electron chi connectivity index (χ4n) is 2.24. The molecule has 122 valence electrons. The molecule has 0 radical (unpaired) electrons. The first-order chi connectivity index (χ1) is 11.6. The van der Waals surface area contributed by atoms with Gasteiger partial charge in [-0.25, -0.2) is 0 Å². The van der Waals surface area contributed by atoms with E-state index >= 15 is 0 Å². The predicted molar refractivity (Wildman–Crippen MR) is 92.9 cm³/mol. The number of rotatable bonds is 4. The van der Waals surface area contributed by atoms with E-state index in [0.29, 0.717) is 14.9 Å². The van der Waals surface area contributed by atoms with Gasteiger partial charge in [-0.05, 0) is 24.3 Å². The van der Waals surface area contributed by atoms with Crippen molar-refractivity contribution < 1.29 is 13.9 Å². The minimum atomic E-state index is -0.277. The zero-order chi connectivity index (χ0) is 17.1. The summed E-state index contributed by atoms with van der Waals surface area (Å²) < 4.78 is 12.9. The lowest BCUT2D eigenvalue weighted by Gasteiger charge is -2.02. The summed E-state index contributed by atoms with van der Waals surface area (Å²) in [4.78, 5) is 24.5. The molecular formula is C18H15NO4S. The second-order valence-electron chi connectivity index (χ2n) is 5.04. The molecule has 6 heteroatoms. The van der Waals surface area contributed by atoms with Crippen LogP contribution < -0.4 is 19.5 Å². The van der Waals surface area contributed by atoms with Gasteiger partial charge in [0.1, 0.15) is 10.4 Å². The number of furan rings is 1. The minimum Gasteiger partial charge on any atom is -0.496 e. The Morgan fingerprint density at radius 1 is 1.25 bits per heavy atom. The number of methoxy groups -OCH3 is 1. The van der Waals surface area contributed by atoms with Crippen molar-refractivity contribution in [1.29, 1.82) is 0 Å². The Morgan fingerprint density at radius 2 is 2.04 bits per heavy atom. The molecule has 0 saturated heterocycles. The van der Waals surface area contributed by atoms with Crippen molar-refractivity contribution >= 4 is 29.3 Å². The number of thiazole rings is 1. The van der Waals surface area contributed by atoms with Crippen molar-refractivity contribution in [2.75, 3.05) is 7.11 Å². The molecule has 0 saturated carbocycles. The van der Waals surface area contributed by atoms with E-state index in [0.717, 1.165) is 5.56 Å². The average molecular weight is 341 g/mol. The van der Waals surface area contributed by atoms with Gasteiger partial charge >= 0.3 is 0 Å². The molecule has 0 fully saturated rings. The number of nitrogens with zero attached hydrogens (tertiary/aromatic N) is 1. The molecule has 2 heterocycles. The van der Waals surface area contributed by atoms with Gasteiger partial charge in [0.15, 0.2) is 5.76 Å². The van der Waals surface area contributed by atoms with E-state index < -0.39 is 0 Å². The molecule has 3 rings (SSSR count). The Hall–Kier alpha value is -2.86. The van der Waals surface area contributed by atoms with Crippen LogP contribution in [0.25, 0.3) is 12.2 Å². The van der Waals surface area contributed by atoms with Gasteiger partial charge in [-0.3, -0.25) is 9.59 Å². The number of ketones is 1. The summed E-state index contributed by atoms with van der Waals surface area (Å²) in [6.45, 7) is 0. The lowest BCUT2D eigenvalue weighted by atomic mass is 10.2. The number of carbonyl (C=O) groups excluding carboxylic acids is 1. The topological polar surface area (TPSA) is 61.4 Å². The van der Waals surface area contributed by atoms with Gasteiger partial charge in [0.25, 0.3) is 5.56 Å². The molecule has 5 nitrogen and oxygen atoms in total. The first kappa shape index (κ1) is 16.0. The standard InChI is InChI=1S/C18H15NO4S/c1-19-17(11-13(20)15-8-5-9-23-15)24-16(18(19)21)10-12-6-3-4-7-14(12)22-2/h3-11H,1-2H3/b16-10-,17-11-. The van der Waals surface area contributed by atoms with Gasteiger partial charge in [-0.15, -0.1) is 11.3 Å². The quantitative estimate of drug-likeness (QED) is 0.676. The highest BCUT2D eigenvalue weighted by Gasteiger charge is 2.08. The number of ether oxygens (including phenoxy) is 1. The van der Waals surface area contributed by atoms with Crippen molar-refractivity contribution in [2.45, 2.75) is 0 Å². The third-order valence-corrected chi connectivity index (χ3v) is 4.62. The van der Waals surface area contributed by atoms with E-state index in [1.807, 2.05) is 24.3 Å². The molecule has 3 aromatic rings. The number of benzene rings is 1.